The third-order valence-electron chi connectivity index (χ3n) is 3.29. The Balaban J connectivity index is 0. The zero-order valence-electron chi connectivity index (χ0n) is 17.7. The number of carbonyl (C=O) groups is 2. The molecule has 1 aliphatic rings. The first kappa shape index (κ1) is 27.6. The predicted molar refractivity (Wildman–Crippen MR) is 108 cm³/mol. The highest BCUT2D eigenvalue weighted by Gasteiger charge is 2.24. The van der Waals surface area contributed by atoms with E-state index in [0.29, 0.717) is 25.2 Å². The van der Waals surface area contributed by atoms with Crippen molar-refractivity contribution in [2.24, 2.45) is 0 Å². The summed E-state index contributed by atoms with van der Waals surface area (Å²) in [5.74, 6) is -0.408. The number of carboxylic acid groups (broad SMARTS) is 1. The summed E-state index contributed by atoms with van der Waals surface area (Å²) in [5, 5.41) is 18.4. The Morgan fingerprint density at radius 1 is 1.25 bits per heavy atom. The number of benzene rings is 1. The number of ether oxygens (including phenoxy) is 2. The van der Waals surface area contributed by atoms with Gasteiger partial charge in [0.1, 0.15) is 11.9 Å². The number of carboxylic acids is 1. The Morgan fingerprint density at radius 2 is 1.82 bits per heavy atom. The van der Waals surface area contributed by atoms with E-state index in [2.05, 4.69) is 0 Å². The Morgan fingerprint density at radius 3 is 2.29 bits per heavy atom. The molecule has 1 heterocycles. The molecule has 0 aliphatic carbocycles. The molecule has 0 spiro atoms. The maximum absolute atomic E-state index is 11.4. The number of fused-ring (bicyclic) bond motifs is 1. The average molecular weight is 399 g/mol. The molecule has 8 nitrogen and oxygen atoms in total. The van der Waals surface area contributed by atoms with Crippen molar-refractivity contribution in [3.63, 3.8) is 0 Å². The van der Waals surface area contributed by atoms with Crippen molar-refractivity contribution >= 4 is 17.6 Å². The van der Waals surface area contributed by atoms with Crippen molar-refractivity contribution in [1.82, 2.24) is 0 Å². The van der Waals surface area contributed by atoms with Crippen molar-refractivity contribution in [3.05, 3.63) is 33.9 Å². The molecular formula is C20H33NO7. The molecule has 1 aliphatic heterocycles. The summed E-state index contributed by atoms with van der Waals surface area (Å²) in [6, 6.07) is 4.52. The van der Waals surface area contributed by atoms with Crippen LogP contribution in [0.4, 0.5) is 5.69 Å². The molecule has 1 atom stereocenters. The van der Waals surface area contributed by atoms with E-state index in [-0.39, 0.29) is 30.6 Å². The number of esters is 1. The summed E-state index contributed by atoms with van der Waals surface area (Å²) < 4.78 is 10.5. The fourth-order valence-corrected chi connectivity index (χ4v) is 2.09. The maximum Gasteiger partial charge on any atom is 0.309 e. The first-order valence-electron chi connectivity index (χ1n) is 9.68. The van der Waals surface area contributed by atoms with Crippen LogP contribution in [0.3, 0.4) is 0 Å². The van der Waals surface area contributed by atoms with Crippen molar-refractivity contribution in [1.29, 1.82) is 0 Å². The predicted octanol–water partition coefficient (Wildman–Crippen LogP) is 4.78. The lowest BCUT2D eigenvalue weighted by Gasteiger charge is -2.25. The van der Waals surface area contributed by atoms with Crippen LogP contribution in [0.2, 0.25) is 0 Å². The number of carbonyl (C=O) groups excluding carboxylic acids is 1. The number of rotatable bonds is 5. The normalized spacial score (nSPS) is 13.4. The van der Waals surface area contributed by atoms with Gasteiger partial charge in [0.05, 0.1) is 18.0 Å². The number of non-ortho nitro benzene ring substituents is 1. The molecule has 8 heteroatoms. The molecule has 0 unspecified atom stereocenters. The highest BCUT2D eigenvalue weighted by atomic mass is 16.6. The van der Waals surface area contributed by atoms with Gasteiger partial charge >= 0.3 is 11.9 Å². The van der Waals surface area contributed by atoms with Gasteiger partial charge in [-0.1, -0.05) is 34.6 Å². The highest BCUT2D eigenvalue weighted by molar-refractivity contribution is 5.70. The highest BCUT2D eigenvalue weighted by Crippen LogP contribution is 2.31. The van der Waals surface area contributed by atoms with E-state index in [1.807, 2.05) is 27.7 Å². The second-order valence-corrected chi connectivity index (χ2v) is 5.08. The van der Waals surface area contributed by atoms with Crippen LogP contribution in [0, 0.1) is 10.1 Å². The van der Waals surface area contributed by atoms with Crippen LogP contribution in [-0.4, -0.2) is 34.7 Å². The summed E-state index contributed by atoms with van der Waals surface area (Å²) in [5.41, 5.74) is 0.875. The minimum Gasteiger partial charge on any atom is -0.490 e. The number of hydrogen-bond donors (Lipinski definition) is 1. The molecule has 0 amide bonds. The Bertz CT molecular complexity index is 602. The van der Waals surface area contributed by atoms with Gasteiger partial charge in [0, 0.05) is 24.1 Å². The first-order chi connectivity index (χ1) is 13.4. The van der Waals surface area contributed by atoms with Crippen molar-refractivity contribution in [2.45, 2.75) is 73.3 Å². The molecule has 0 fully saturated rings. The van der Waals surface area contributed by atoms with Crippen molar-refractivity contribution in [3.8, 4) is 5.75 Å². The van der Waals surface area contributed by atoms with E-state index < -0.39 is 10.9 Å². The molecule has 1 aromatic rings. The SMILES string of the molecule is CC.CC.CCC(=O)O.CCOC(=O)C[C@@H]1CCc2cc([N+](=O)[O-])ccc2O1. The van der Waals surface area contributed by atoms with Gasteiger partial charge in [0.25, 0.3) is 5.69 Å². The first-order valence-corrected chi connectivity index (χ1v) is 9.68. The summed E-state index contributed by atoms with van der Waals surface area (Å²) in [4.78, 5) is 31.0. The van der Waals surface area contributed by atoms with E-state index in [9.17, 15) is 19.7 Å². The Kier molecular flexibility index (Phi) is 16.3. The number of nitro groups is 1. The van der Waals surface area contributed by atoms with E-state index >= 15 is 0 Å². The summed E-state index contributed by atoms with van der Waals surface area (Å²) >= 11 is 0. The van der Waals surface area contributed by atoms with Crippen molar-refractivity contribution < 1.29 is 29.1 Å². The monoisotopic (exact) mass is 399 g/mol. The zero-order valence-corrected chi connectivity index (χ0v) is 17.7. The number of aryl methyl sites for hydroxylation is 1. The number of aliphatic carboxylic acids is 1. The van der Waals surface area contributed by atoms with Crippen molar-refractivity contribution in [2.75, 3.05) is 6.61 Å². The fraction of sp³-hybridized carbons (Fsp3) is 0.600. The van der Waals surface area contributed by atoms with Gasteiger partial charge in [-0.25, -0.2) is 0 Å². The van der Waals surface area contributed by atoms with Gasteiger partial charge in [-0.3, -0.25) is 19.7 Å². The fourth-order valence-electron chi connectivity index (χ4n) is 2.09. The molecule has 0 bridgehead atoms. The van der Waals surface area contributed by atoms with Gasteiger partial charge in [0.2, 0.25) is 0 Å². The molecule has 160 valence electrons. The molecule has 1 aromatic carbocycles. The van der Waals surface area contributed by atoms with Crippen LogP contribution >= 0.6 is 0 Å². The lowest BCUT2D eigenvalue weighted by Crippen LogP contribution is -2.26. The van der Waals surface area contributed by atoms with Crippen LogP contribution in [0.15, 0.2) is 18.2 Å². The molecule has 1 N–H and O–H groups in total. The molecule has 28 heavy (non-hydrogen) atoms. The number of nitro benzene ring substituents is 1. The topological polar surface area (TPSA) is 116 Å². The van der Waals surface area contributed by atoms with Crippen LogP contribution < -0.4 is 4.74 Å². The van der Waals surface area contributed by atoms with E-state index in [0.717, 1.165) is 5.56 Å². The van der Waals surface area contributed by atoms with Crippen LogP contribution in [0.1, 0.15) is 66.4 Å². The minimum absolute atomic E-state index is 0.0613. The third-order valence-corrected chi connectivity index (χ3v) is 3.29. The molecular weight excluding hydrogens is 366 g/mol. The lowest BCUT2D eigenvalue weighted by molar-refractivity contribution is -0.385. The van der Waals surface area contributed by atoms with Crippen LogP contribution in [0.25, 0.3) is 0 Å². The van der Waals surface area contributed by atoms with Gasteiger partial charge in [-0.2, -0.15) is 0 Å². The summed E-state index contributed by atoms with van der Waals surface area (Å²) in [7, 11) is 0. The van der Waals surface area contributed by atoms with Crippen LogP contribution in [-0.2, 0) is 20.7 Å². The zero-order chi connectivity index (χ0) is 22.1. The lowest BCUT2D eigenvalue weighted by atomic mass is 10.00. The largest absolute Gasteiger partial charge is 0.490 e. The minimum atomic E-state index is -0.745. The van der Waals surface area contributed by atoms with E-state index in [1.54, 1.807) is 19.9 Å². The second-order valence-electron chi connectivity index (χ2n) is 5.08. The van der Waals surface area contributed by atoms with Gasteiger partial charge in [-0.05, 0) is 25.8 Å². The van der Waals surface area contributed by atoms with E-state index in [4.69, 9.17) is 14.6 Å². The second kappa shape index (κ2) is 16.5. The Hall–Kier alpha value is -2.64. The summed E-state index contributed by atoms with van der Waals surface area (Å²) in [6.07, 6.45) is 1.55. The van der Waals surface area contributed by atoms with E-state index in [1.165, 1.54) is 12.1 Å². The molecule has 0 saturated heterocycles. The third kappa shape index (κ3) is 11.2. The van der Waals surface area contributed by atoms with Gasteiger partial charge in [-0.15, -0.1) is 0 Å². The Labute approximate surface area is 167 Å². The number of hydrogen-bond acceptors (Lipinski definition) is 6. The summed E-state index contributed by atoms with van der Waals surface area (Å²) in [6.45, 7) is 11.7. The van der Waals surface area contributed by atoms with Gasteiger partial charge < -0.3 is 14.6 Å². The average Bonchev–Trinajstić information content (AvgIpc) is 2.71. The molecule has 0 saturated carbocycles. The quantitative estimate of drug-likeness (QED) is 0.430. The van der Waals surface area contributed by atoms with Crippen LogP contribution in [0.5, 0.6) is 5.75 Å². The standard InChI is InChI=1S/C13H15NO5.C3H6O2.2C2H6/c1-2-18-13(15)8-11-5-3-9-7-10(14(16)17)4-6-12(9)19-11;1-2-3(4)5;2*1-2/h4,6-7,11H,2-3,5,8H2,1H3;2H2,1H3,(H,4,5);2*1-2H3/t11-;;;/m0.../s1. The molecule has 0 radical (unpaired) electrons. The smallest absolute Gasteiger partial charge is 0.309 e. The molecule has 2 rings (SSSR count). The number of nitrogens with zero attached hydrogens (tertiary/aromatic N) is 1. The van der Waals surface area contributed by atoms with Gasteiger partial charge in [0.15, 0.2) is 0 Å². The molecule has 0 aromatic heterocycles. The maximum atomic E-state index is 11.4.